The second kappa shape index (κ2) is 4.59. The van der Waals surface area contributed by atoms with Crippen LogP contribution >= 0.6 is 0 Å². The molecule has 0 aromatic heterocycles. The zero-order valence-electron chi connectivity index (χ0n) is 11.2. The van der Waals surface area contributed by atoms with Crippen molar-refractivity contribution in [3.05, 3.63) is 0 Å². The molecular formula is C13H19F3N2O2. The predicted molar refractivity (Wildman–Crippen MR) is 64.9 cm³/mol. The molecule has 0 bridgehead atoms. The number of rotatable bonds is 4. The summed E-state index contributed by atoms with van der Waals surface area (Å²) in [6, 6.07) is -0.437. The second-order valence-electron chi connectivity index (χ2n) is 6.44. The molecular weight excluding hydrogens is 273 g/mol. The van der Waals surface area contributed by atoms with Gasteiger partial charge in [-0.25, -0.2) is 0 Å². The summed E-state index contributed by atoms with van der Waals surface area (Å²) in [6.07, 6.45) is -2.02. The highest BCUT2D eigenvalue weighted by Gasteiger charge is 2.58. The average Bonchev–Trinajstić information content (AvgIpc) is 3.05. The third kappa shape index (κ3) is 2.41. The van der Waals surface area contributed by atoms with Crippen LogP contribution in [-0.4, -0.2) is 65.3 Å². The Morgan fingerprint density at radius 3 is 2.30 bits per heavy atom. The Morgan fingerprint density at radius 1 is 1.25 bits per heavy atom. The summed E-state index contributed by atoms with van der Waals surface area (Å²) in [5.74, 6) is -1.66. The number of likely N-dealkylation sites (tertiary alicyclic amines) is 1. The van der Waals surface area contributed by atoms with E-state index < -0.39 is 12.1 Å². The molecule has 1 aliphatic heterocycles. The quantitative estimate of drug-likeness (QED) is 0.840. The molecule has 1 N–H and O–H groups in total. The van der Waals surface area contributed by atoms with Gasteiger partial charge in [0.05, 0.1) is 6.61 Å². The Morgan fingerprint density at radius 2 is 1.85 bits per heavy atom. The summed E-state index contributed by atoms with van der Waals surface area (Å²) < 4.78 is 37.9. The number of aliphatic hydroxyl groups excluding tert-OH is 1. The summed E-state index contributed by atoms with van der Waals surface area (Å²) in [7, 11) is 0. The van der Waals surface area contributed by atoms with Gasteiger partial charge in [-0.1, -0.05) is 0 Å². The minimum absolute atomic E-state index is 0.0961. The molecule has 0 atom stereocenters. The first kappa shape index (κ1) is 14.1. The lowest BCUT2D eigenvalue weighted by molar-refractivity contribution is -0.197. The molecule has 1 heterocycles. The Labute approximate surface area is 115 Å². The lowest BCUT2D eigenvalue weighted by atomic mass is 9.60. The third-order valence-corrected chi connectivity index (χ3v) is 4.68. The molecule has 0 radical (unpaired) electrons. The van der Waals surface area contributed by atoms with Gasteiger partial charge in [0, 0.05) is 31.7 Å². The molecule has 114 valence electrons. The van der Waals surface area contributed by atoms with E-state index in [9.17, 15) is 18.0 Å². The van der Waals surface area contributed by atoms with Crippen LogP contribution in [0.15, 0.2) is 0 Å². The number of aliphatic hydroxyl groups is 1. The van der Waals surface area contributed by atoms with Crippen molar-refractivity contribution in [3.63, 3.8) is 0 Å². The lowest BCUT2D eigenvalue weighted by Gasteiger charge is -2.61. The smallest absolute Gasteiger partial charge is 0.395 e. The minimum atomic E-state index is -4.76. The Balaban J connectivity index is 1.56. The van der Waals surface area contributed by atoms with E-state index in [1.54, 1.807) is 0 Å². The zero-order valence-corrected chi connectivity index (χ0v) is 11.2. The van der Waals surface area contributed by atoms with Crippen LogP contribution in [-0.2, 0) is 4.79 Å². The van der Waals surface area contributed by atoms with Crippen LogP contribution in [0.2, 0.25) is 0 Å². The van der Waals surface area contributed by atoms with Crippen molar-refractivity contribution in [2.24, 2.45) is 5.41 Å². The minimum Gasteiger partial charge on any atom is -0.395 e. The van der Waals surface area contributed by atoms with Gasteiger partial charge in [0.15, 0.2) is 0 Å². The zero-order chi connectivity index (χ0) is 14.5. The lowest BCUT2D eigenvalue weighted by Crippen LogP contribution is -2.68. The molecule has 2 aliphatic carbocycles. The van der Waals surface area contributed by atoms with Gasteiger partial charge < -0.3 is 10.0 Å². The number of hydrogen-bond acceptors (Lipinski definition) is 3. The van der Waals surface area contributed by atoms with Crippen molar-refractivity contribution in [1.82, 2.24) is 9.80 Å². The maximum atomic E-state index is 12.6. The van der Waals surface area contributed by atoms with E-state index in [0.717, 1.165) is 18.0 Å². The van der Waals surface area contributed by atoms with Crippen LogP contribution in [0.1, 0.15) is 25.7 Å². The number of β-amino-alcohol motifs (C(OH)–C–C–N with tert-alkyl or cyclic N) is 1. The van der Waals surface area contributed by atoms with Crippen LogP contribution in [0.25, 0.3) is 0 Å². The summed E-state index contributed by atoms with van der Waals surface area (Å²) in [4.78, 5) is 14.7. The van der Waals surface area contributed by atoms with E-state index in [4.69, 9.17) is 5.11 Å². The molecule has 0 aromatic rings. The molecule has 2 saturated carbocycles. The van der Waals surface area contributed by atoms with Crippen molar-refractivity contribution in [2.75, 3.05) is 26.2 Å². The molecule has 1 saturated heterocycles. The highest BCUT2D eigenvalue weighted by Crippen LogP contribution is 2.52. The first-order valence-electron chi connectivity index (χ1n) is 7.07. The summed E-state index contributed by atoms with van der Waals surface area (Å²) in [5, 5.41) is 8.83. The van der Waals surface area contributed by atoms with Gasteiger partial charge in [0.2, 0.25) is 0 Å². The number of halogens is 3. The maximum Gasteiger partial charge on any atom is 0.471 e. The predicted octanol–water partition coefficient (Wildman–Crippen LogP) is 0.996. The molecule has 0 unspecified atom stereocenters. The van der Waals surface area contributed by atoms with Gasteiger partial charge in [0.1, 0.15) is 0 Å². The number of alkyl halides is 3. The van der Waals surface area contributed by atoms with Crippen molar-refractivity contribution in [1.29, 1.82) is 0 Å². The van der Waals surface area contributed by atoms with Gasteiger partial charge in [-0.3, -0.25) is 9.69 Å². The molecule has 3 rings (SSSR count). The van der Waals surface area contributed by atoms with E-state index in [-0.39, 0.29) is 24.1 Å². The normalized spacial score (nSPS) is 26.2. The summed E-state index contributed by atoms with van der Waals surface area (Å²) in [6.45, 7) is 2.41. The molecule has 7 heteroatoms. The Bertz CT molecular complexity index is 395. The first-order valence-corrected chi connectivity index (χ1v) is 7.07. The van der Waals surface area contributed by atoms with Crippen molar-refractivity contribution < 1.29 is 23.1 Å². The standard InChI is InChI=1S/C13H19F3N2O2/c14-13(15,16)11(20)18(9-1-2-9)10-5-12(6-10)7-17(8-12)3-4-19/h9-10,19H,1-8H2. The molecule has 3 fully saturated rings. The molecule has 20 heavy (non-hydrogen) atoms. The SMILES string of the molecule is O=C(N(C1CC1)C1CC2(C1)CN(CCO)C2)C(F)(F)F. The monoisotopic (exact) mass is 292 g/mol. The van der Waals surface area contributed by atoms with E-state index in [2.05, 4.69) is 4.90 Å². The van der Waals surface area contributed by atoms with Crippen LogP contribution < -0.4 is 0 Å². The Kier molecular flexibility index (Phi) is 3.25. The maximum absolute atomic E-state index is 12.6. The number of carbonyl (C=O) groups excluding carboxylic acids is 1. The topological polar surface area (TPSA) is 43.8 Å². The van der Waals surface area contributed by atoms with Crippen LogP contribution in [0.4, 0.5) is 13.2 Å². The van der Waals surface area contributed by atoms with Crippen molar-refractivity contribution in [3.8, 4) is 0 Å². The number of hydrogen-bond donors (Lipinski definition) is 1. The molecule has 0 aromatic carbocycles. The number of amides is 1. The average molecular weight is 292 g/mol. The largest absolute Gasteiger partial charge is 0.471 e. The van der Waals surface area contributed by atoms with E-state index in [0.29, 0.717) is 32.2 Å². The fourth-order valence-electron chi connectivity index (χ4n) is 3.73. The highest BCUT2D eigenvalue weighted by atomic mass is 19.4. The van der Waals surface area contributed by atoms with Gasteiger partial charge in [0.25, 0.3) is 0 Å². The Hall–Kier alpha value is -0.820. The van der Waals surface area contributed by atoms with Crippen LogP contribution in [0.5, 0.6) is 0 Å². The second-order valence-corrected chi connectivity index (χ2v) is 6.44. The summed E-state index contributed by atoms with van der Waals surface area (Å²) >= 11 is 0. The van der Waals surface area contributed by atoms with Crippen LogP contribution in [0, 0.1) is 5.41 Å². The van der Waals surface area contributed by atoms with Gasteiger partial charge in [-0.05, 0) is 31.1 Å². The number of carbonyl (C=O) groups is 1. The van der Waals surface area contributed by atoms with Crippen molar-refractivity contribution >= 4 is 5.91 Å². The number of nitrogens with zero attached hydrogens (tertiary/aromatic N) is 2. The van der Waals surface area contributed by atoms with Gasteiger partial charge >= 0.3 is 12.1 Å². The first-order chi connectivity index (χ1) is 9.35. The van der Waals surface area contributed by atoms with E-state index in [1.165, 1.54) is 0 Å². The van der Waals surface area contributed by atoms with E-state index >= 15 is 0 Å². The molecule has 4 nitrogen and oxygen atoms in total. The van der Waals surface area contributed by atoms with Crippen LogP contribution in [0.3, 0.4) is 0 Å². The molecule has 3 aliphatic rings. The van der Waals surface area contributed by atoms with Gasteiger partial charge in [-0.2, -0.15) is 13.2 Å². The van der Waals surface area contributed by atoms with E-state index in [1.807, 2.05) is 0 Å². The fourth-order valence-corrected chi connectivity index (χ4v) is 3.73. The third-order valence-electron chi connectivity index (χ3n) is 4.68. The fraction of sp³-hybridized carbons (Fsp3) is 0.923. The molecule has 1 spiro atoms. The molecule has 1 amide bonds. The highest BCUT2D eigenvalue weighted by molar-refractivity contribution is 5.83. The van der Waals surface area contributed by atoms with Crippen molar-refractivity contribution in [2.45, 2.75) is 43.9 Å². The van der Waals surface area contributed by atoms with Gasteiger partial charge in [-0.15, -0.1) is 0 Å². The summed E-state index contributed by atoms with van der Waals surface area (Å²) in [5.41, 5.74) is 0.0961.